The summed E-state index contributed by atoms with van der Waals surface area (Å²) in [7, 11) is 0. The van der Waals surface area contributed by atoms with Crippen molar-refractivity contribution in [1.29, 1.82) is 0 Å². The molecule has 17 heavy (non-hydrogen) atoms. The molecule has 0 aliphatic rings. The second-order valence-corrected chi connectivity index (χ2v) is 4.22. The molecular weight excluding hydrogens is 210 g/mol. The molecular formula is C15H17NO. The van der Waals surface area contributed by atoms with Crippen LogP contribution in [0.15, 0.2) is 35.9 Å². The SMILES string of the molecule is CC/C(=C/c1ccc2nc(C)ccc2c1)CO. The van der Waals surface area contributed by atoms with E-state index < -0.39 is 0 Å². The Kier molecular flexibility index (Phi) is 3.55. The molecule has 0 atom stereocenters. The summed E-state index contributed by atoms with van der Waals surface area (Å²) in [6.45, 7) is 4.17. The molecule has 2 heteroatoms. The lowest BCUT2D eigenvalue weighted by Crippen LogP contribution is -1.88. The standard InChI is InChI=1S/C15H17NO/c1-3-12(10-17)8-13-5-7-15-14(9-13)6-4-11(2)16-15/h4-9,17H,3,10H2,1-2H3/b12-8-. The van der Waals surface area contributed by atoms with Crippen molar-refractivity contribution in [3.8, 4) is 0 Å². The van der Waals surface area contributed by atoms with Gasteiger partial charge < -0.3 is 5.11 Å². The van der Waals surface area contributed by atoms with Gasteiger partial charge in [-0.3, -0.25) is 4.98 Å². The maximum Gasteiger partial charge on any atom is 0.0705 e. The molecule has 0 radical (unpaired) electrons. The third kappa shape index (κ3) is 2.71. The van der Waals surface area contributed by atoms with Crippen LogP contribution < -0.4 is 0 Å². The Morgan fingerprint density at radius 2 is 2.12 bits per heavy atom. The van der Waals surface area contributed by atoms with Crippen LogP contribution in [0.1, 0.15) is 24.6 Å². The van der Waals surface area contributed by atoms with Crippen LogP contribution in [0.4, 0.5) is 0 Å². The van der Waals surface area contributed by atoms with Crippen LogP contribution in [0.2, 0.25) is 0 Å². The number of nitrogens with zero attached hydrogens (tertiary/aromatic N) is 1. The van der Waals surface area contributed by atoms with E-state index in [0.29, 0.717) is 0 Å². The molecule has 0 bridgehead atoms. The van der Waals surface area contributed by atoms with Crippen LogP contribution >= 0.6 is 0 Å². The third-order valence-corrected chi connectivity index (χ3v) is 2.88. The minimum atomic E-state index is 0.126. The molecule has 2 aromatic rings. The van der Waals surface area contributed by atoms with Crippen molar-refractivity contribution in [2.45, 2.75) is 20.3 Å². The minimum absolute atomic E-state index is 0.126. The molecule has 88 valence electrons. The van der Waals surface area contributed by atoms with E-state index in [1.165, 1.54) is 0 Å². The topological polar surface area (TPSA) is 33.1 Å². The number of hydrogen-bond donors (Lipinski definition) is 1. The number of rotatable bonds is 3. The Morgan fingerprint density at radius 3 is 2.82 bits per heavy atom. The fourth-order valence-corrected chi connectivity index (χ4v) is 1.83. The molecule has 0 saturated carbocycles. The molecule has 1 N–H and O–H groups in total. The summed E-state index contributed by atoms with van der Waals surface area (Å²) in [6.07, 6.45) is 2.92. The molecule has 0 fully saturated rings. The molecule has 1 aromatic heterocycles. The van der Waals surface area contributed by atoms with Gasteiger partial charge in [0.1, 0.15) is 0 Å². The fraction of sp³-hybridized carbons (Fsp3) is 0.267. The van der Waals surface area contributed by atoms with Crippen LogP contribution in [-0.4, -0.2) is 16.7 Å². The third-order valence-electron chi connectivity index (χ3n) is 2.88. The van der Waals surface area contributed by atoms with E-state index in [4.69, 9.17) is 5.11 Å². The maximum absolute atomic E-state index is 9.16. The summed E-state index contributed by atoms with van der Waals surface area (Å²) in [4.78, 5) is 4.47. The Balaban J connectivity index is 2.44. The van der Waals surface area contributed by atoms with Crippen LogP contribution in [-0.2, 0) is 0 Å². The summed E-state index contributed by atoms with van der Waals surface area (Å²) in [5.74, 6) is 0. The van der Waals surface area contributed by atoms with Crippen molar-refractivity contribution in [1.82, 2.24) is 4.98 Å². The van der Waals surface area contributed by atoms with Gasteiger partial charge in [0.2, 0.25) is 0 Å². The summed E-state index contributed by atoms with van der Waals surface area (Å²) in [5.41, 5.74) is 4.22. The number of pyridine rings is 1. The van der Waals surface area contributed by atoms with Crippen molar-refractivity contribution in [3.05, 3.63) is 47.2 Å². The van der Waals surface area contributed by atoms with Crippen LogP contribution in [0.25, 0.3) is 17.0 Å². The smallest absolute Gasteiger partial charge is 0.0705 e. The number of fused-ring (bicyclic) bond motifs is 1. The number of aliphatic hydroxyl groups is 1. The van der Waals surface area contributed by atoms with E-state index >= 15 is 0 Å². The normalized spacial score (nSPS) is 12.1. The Hall–Kier alpha value is -1.67. The zero-order chi connectivity index (χ0) is 12.3. The van der Waals surface area contributed by atoms with Crippen molar-refractivity contribution < 1.29 is 5.11 Å². The minimum Gasteiger partial charge on any atom is -0.392 e. The molecule has 0 aliphatic heterocycles. The molecule has 1 heterocycles. The summed E-state index contributed by atoms with van der Waals surface area (Å²) in [6, 6.07) is 10.3. The summed E-state index contributed by atoms with van der Waals surface area (Å²) in [5, 5.41) is 10.3. The highest BCUT2D eigenvalue weighted by molar-refractivity contribution is 5.81. The van der Waals surface area contributed by atoms with Gasteiger partial charge in [0.15, 0.2) is 0 Å². The van der Waals surface area contributed by atoms with Gasteiger partial charge >= 0.3 is 0 Å². The van der Waals surface area contributed by atoms with Gasteiger partial charge in [0.25, 0.3) is 0 Å². The van der Waals surface area contributed by atoms with E-state index in [-0.39, 0.29) is 6.61 Å². The number of aliphatic hydroxyl groups excluding tert-OH is 1. The first-order valence-electron chi connectivity index (χ1n) is 5.90. The van der Waals surface area contributed by atoms with Gasteiger partial charge in [-0.2, -0.15) is 0 Å². The van der Waals surface area contributed by atoms with Gasteiger partial charge in [-0.05, 0) is 42.7 Å². The highest BCUT2D eigenvalue weighted by atomic mass is 16.3. The maximum atomic E-state index is 9.16. The first kappa shape index (κ1) is 11.8. The molecule has 0 unspecified atom stereocenters. The van der Waals surface area contributed by atoms with E-state index in [1.54, 1.807) is 0 Å². The van der Waals surface area contributed by atoms with Crippen molar-refractivity contribution in [2.75, 3.05) is 6.61 Å². The number of hydrogen-bond acceptors (Lipinski definition) is 2. The lowest BCUT2D eigenvalue weighted by atomic mass is 10.1. The number of aryl methyl sites for hydroxylation is 1. The van der Waals surface area contributed by atoms with Gasteiger partial charge in [-0.25, -0.2) is 0 Å². The summed E-state index contributed by atoms with van der Waals surface area (Å²) >= 11 is 0. The average molecular weight is 227 g/mol. The molecule has 0 spiro atoms. The van der Waals surface area contributed by atoms with Crippen molar-refractivity contribution >= 4 is 17.0 Å². The van der Waals surface area contributed by atoms with Crippen LogP contribution in [0.3, 0.4) is 0 Å². The molecule has 2 nitrogen and oxygen atoms in total. The van der Waals surface area contributed by atoms with E-state index in [9.17, 15) is 0 Å². The molecule has 1 aromatic carbocycles. The summed E-state index contributed by atoms with van der Waals surface area (Å²) < 4.78 is 0. The van der Waals surface area contributed by atoms with E-state index in [2.05, 4.69) is 17.1 Å². The van der Waals surface area contributed by atoms with Gasteiger partial charge in [-0.15, -0.1) is 0 Å². The van der Waals surface area contributed by atoms with Crippen molar-refractivity contribution in [2.24, 2.45) is 0 Å². The molecule has 0 saturated heterocycles. The second-order valence-electron chi connectivity index (χ2n) is 4.22. The predicted octanol–water partition coefficient (Wildman–Crippen LogP) is 3.33. The monoisotopic (exact) mass is 227 g/mol. The van der Waals surface area contributed by atoms with Gasteiger partial charge in [0, 0.05) is 11.1 Å². The number of aromatic nitrogens is 1. The molecule has 0 aliphatic carbocycles. The molecule has 0 amide bonds. The average Bonchev–Trinajstić information content (AvgIpc) is 2.36. The quantitative estimate of drug-likeness (QED) is 0.872. The van der Waals surface area contributed by atoms with Gasteiger partial charge in [-0.1, -0.05) is 25.1 Å². The lowest BCUT2D eigenvalue weighted by Gasteiger charge is -2.03. The Labute approximate surface area is 102 Å². The van der Waals surface area contributed by atoms with Crippen LogP contribution in [0, 0.1) is 6.92 Å². The van der Waals surface area contributed by atoms with Crippen LogP contribution in [0.5, 0.6) is 0 Å². The largest absolute Gasteiger partial charge is 0.392 e. The second kappa shape index (κ2) is 5.11. The van der Waals surface area contributed by atoms with E-state index in [1.807, 2.05) is 38.1 Å². The highest BCUT2D eigenvalue weighted by Gasteiger charge is 1.98. The zero-order valence-corrected chi connectivity index (χ0v) is 10.3. The zero-order valence-electron chi connectivity index (χ0n) is 10.3. The highest BCUT2D eigenvalue weighted by Crippen LogP contribution is 2.17. The first-order chi connectivity index (χ1) is 8.22. The van der Waals surface area contributed by atoms with Crippen molar-refractivity contribution in [3.63, 3.8) is 0 Å². The van der Waals surface area contributed by atoms with E-state index in [0.717, 1.165) is 34.2 Å². The van der Waals surface area contributed by atoms with Gasteiger partial charge in [0.05, 0.1) is 12.1 Å². The molecule has 2 rings (SSSR count). The predicted molar refractivity (Wildman–Crippen MR) is 71.8 cm³/mol. The first-order valence-corrected chi connectivity index (χ1v) is 5.90. The fourth-order valence-electron chi connectivity index (χ4n) is 1.83. The Bertz CT molecular complexity index is 552. The lowest BCUT2D eigenvalue weighted by molar-refractivity contribution is 0.329. The Morgan fingerprint density at radius 1 is 1.29 bits per heavy atom. The number of benzene rings is 1.